The quantitative estimate of drug-likeness (QED) is 0.719. The van der Waals surface area contributed by atoms with E-state index < -0.39 is 15.8 Å². The van der Waals surface area contributed by atoms with Crippen molar-refractivity contribution in [3.05, 3.63) is 58.9 Å². The number of hydrogen-bond acceptors (Lipinski definition) is 3. The van der Waals surface area contributed by atoms with E-state index in [1.54, 1.807) is 0 Å². The van der Waals surface area contributed by atoms with Gasteiger partial charge in [-0.15, -0.1) is 0 Å². The van der Waals surface area contributed by atoms with Gasteiger partial charge in [0.1, 0.15) is 5.82 Å². The van der Waals surface area contributed by atoms with Crippen molar-refractivity contribution in [3.63, 3.8) is 0 Å². The zero-order chi connectivity index (χ0) is 21.9. The Hall–Kier alpha value is -2.25. The molecule has 2 aromatic carbocycles. The number of anilines is 1. The third-order valence-corrected chi connectivity index (χ3v) is 7.56. The molecule has 30 heavy (non-hydrogen) atoms. The van der Waals surface area contributed by atoms with Gasteiger partial charge < -0.3 is 5.32 Å². The number of nitrogens with one attached hydrogen (secondary N) is 1. The monoisotopic (exact) mass is 432 g/mol. The molecule has 2 aromatic rings. The van der Waals surface area contributed by atoms with Crippen LogP contribution in [0.5, 0.6) is 0 Å². The van der Waals surface area contributed by atoms with E-state index in [1.807, 2.05) is 32.9 Å². The molecule has 1 amide bonds. The second kappa shape index (κ2) is 9.27. The lowest BCUT2D eigenvalue weighted by molar-refractivity contribution is -0.116. The summed E-state index contributed by atoms with van der Waals surface area (Å²) >= 11 is 0. The van der Waals surface area contributed by atoms with Gasteiger partial charge in [-0.1, -0.05) is 37.0 Å². The number of aryl methyl sites for hydroxylation is 3. The van der Waals surface area contributed by atoms with Crippen molar-refractivity contribution in [1.82, 2.24) is 4.31 Å². The molecule has 0 aromatic heterocycles. The van der Waals surface area contributed by atoms with Gasteiger partial charge >= 0.3 is 0 Å². The largest absolute Gasteiger partial charge is 0.324 e. The molecule has 0 unspecified atom stereocenters. The standard InChI is InChI=1S/C23H29FN2O3S/c1-16-13-17(2)23(18(3)14-16)25-22(27)15-26(20-7-5-4-6-8-20)30(28,29)21-11-9-19(24)10-12-21/h9-14,20H,4-8,15H2,1-3H3,(H,25,27). The Morgan fingerprint density at radius 1 is 1.03 bits per heavy atom. The Kier molecular flexibility index (Phi) is 6.93. The molecule has 0 atom stereocenters. The molecule has 1 saturated carbocycles. The van der Waals surface area contributed by atoms with Crippen molar-refractivity contribution in [3.8, 4) is 0 Å². The predicted octanol–water partition coefficient (Wildman–Crippen LogP) is 4.71. The highest BCUT2D eigenvalue weighted by Crippen LogP contribution is 2.28. The van der Waals surface area contributed by atoms with Gasteiger partial charge in [-0.05, 0) is 69.0 Å². The van der Waals surface area contributed by atoms with Gasteiger partial charge in [0.05, 0.1) is 11.4 Å². The summed E-state index contributed by atoms with van der Waals surface area (Å²) in [5.41, 5.74) is 3.69. The second-order valence-corrected chi connectivity index (χ2v) is 10.0. The summed E-state index contributed by atoms with van der Waals surface area (Å²) in [6.07, 6.45) is 4.36. The molecule has 1 fully saturated rings. The fraction of sp³-hybridized carbons (Fsp3) is 0.435. The molecule has 5 nitrogen and oxygen atoms in total. The number of carbonyl (C=O) groups excluding carboxylic acids is 1. The first-order valence-corrected chi connectivity index (χ1v) is 11.8. The third kappa shape index (κ3) is 5.08. The van der Waals surface area contributed by atoms with Crippen LogP contribution in [0.4, 0.5) is 10.1 Å². The van der Waals surface area contributed by atoms with Crippen LogP contribution >= 0.6 is 0 Å². The first-order valence-electron chi connectivity index (χ1n) is 10.3. The van der Waals surface area contributed by atoms with Crippen molar-refractivity contribution in [2.24, 2.45) is 0 Å². The molecule has 1 aliphatic rings. The van der Waals surface area contributed by atoms with E-state index in [0.29, 0.717) is 5.69 Å². The first kappa shape index (κ1) is 22.4. The molecular weight excluding hydrogens is 403 g/mol. The lowest BCUT2D eigenvalue weighted by Gasteiger charge is -2.33. The Bertz CT molecular complexity index is 990. The number of hydrogen-bond donors (Lipinski definition) is 1. The van der Waals surface area contributed by atoms with Crippen LogP contribution in [0.1, 0.15) is 48.8 Å². The van der Waals surface area contributed by atoms with E-state index >= 15 is 0 Å². The number of amides is 1. The van der Waals surface area contributed by atoms with Crippen LogP contribution in [0.2, 0.25) is 0 Å². The maximum absolute atomic E-state index is 13.3. The van der Waals surface area contributed by atoms with Gasteiger partial charge in [0.25, 0.3) is 0 Å². The van der Waals surface area contributed by atoms with Crippen LogP contribution in [0.3, 0.4) is 0 Å². The van der Waals surface area contributed by atoms with Crippen molar-refractivity contribution in [2.45, 2.75) is 63.8 Å². The Labute approximate surface area is 178 Å². The van der Waals surface area contributed by atoms with Gasteiger partial charge in [0, 0.05) is 11.7 Å². The number of rotatable bonds is 6. The SMILES string of the molecule is Cc1cc(C)c(NC(=O)CN(C2CCCCC2)S(=O)(=O)c2ccc(F)cc2)c(C)c1. The molecule has 162 valence electrons. The van der Waals surface area contributed by atoms with Gasteiger partial charge in [0.15, 0.2) is 0 Å². The molecule has 7 heteroatoms. The highest BCUT2D eigenvalue weighted by molar-refractivity contribution is 7.89. The third-order valence-electron chi connectivity index (χ3n) is 5.64. The molecule has 0 spiro atoms. The summed E-state index contributed by atoms with van der Waals surface area (Å²) in [7, 11) is -3.93. The summed E-state index contributed by atoms with van der Waals surface area (Å²) < 4.78 is 41.3. The summed E-state index contributed by atoms with van der Waals surface area (Å²) in [6.45, 7) is 5.57. The minimum Gasteiger partial charge on any atom is -0.324 e. The minimum atomic E-state index is -3.93. The predicted molar refractivity (Wildman–Crippen MR) is 116 cm³/mol. The van der Waals surface area contributed by atoms with E-state index in [1.165, 1.54) is 16.4 Å². The van der Waals surface area contributed by atoms with E-state index in [4.69, 9.17) is 0 Å². The van der Waals surface area contributed by atoms with E-state index in [0.717, 1.165) is 60.9 Å². The molecule has 1 N–H and O–H groups in total. The summed E-state index contributed by atoms with van der Waals surface area (Å²) in [5, 5.41) is 2.90. The Morgan fingerprint density at radius 3 is 2.17 bits per heavy atom. The van der Waals surface area contributed by atoms with Crippen molar-refractivity contribution < 1.29 is 17.6 Å². The zero-order valence-electron chi connectivity index (χ0n) is 17.7. The molecule has 0 radical (unpaired) electrons. The van der Waals surface area contributed by atoms with Crippen LogP contribution < -0.4 is 5.32 Å². The number of carbonyl (C=O) groups is 1. The first-order chi connectivity index (χ1) is 14.2. The topological polar surface area (TPSA) is 66.5 Å². The maximum Gasteiger partial charge on any atom is 0.243 e. The maximum atomic E-state index is 13.3. The molecule has 0 saturated heterocycles. The number of nitrogens with zero attached hydrogens (tertiary/aromatic N) is 1. The average Bonchev–Trinajstić information content (AvgIpc) is 2.70. The number of benzene rings is 2. The summed E-state index contributed by atoms with van der Waals surface area (Å²) in [5.74, 6) is -0.873. The minimum absolute atomic E-state index is 0.00460. The van der Waals surface area contributed by atoms with Gasteiger partial charge in [-0.2, -0.15) is 4.31 Å². The Morgan fingerprint density at radius 2 is 1.60 bits per heavy atom. The fourth-order valence-corrected chi connectivity index (χ4v) is 5.86. The molecule has 0 aliphatic heterocycles. The van der Waals surface area contributed by atoms with Gasteiger partial charge in [0.2, 0.25) is 15.9 Å². The van der Waals surface area contributed by atoms with E-state index in [9.17, 15) is 17.6 Å². The smallest absolute Gasteiger partial charge is 0.243 e. The molecule has 0 bridgehead atoms. The second-order valence-electron chi connectivity index (χ2n) is 8.12. The highest BCUT2D eigenvalue weighted by atomic mass is 32.2. The molecular formula is C23H29FN2O3S. The zero-order valence-corrected chi connectivity index (χ0v) is 18.6. The van der Waals surface area contributed by atoms with E-state index in [2.05, 4.69) is 5.32 Å². The summed E-state index contributed by atoms with van der Waals surface area (Å²) in [4.78, 5) is 12.9. The lowest BCUT2D eigenvalue weighted by Crippen LogP contribution is -2.45. The van der Waals surface area contributed by atoms with Gasteiger partial charge in [-0.25, -0.2) is 12.8 Å². The fourth-order valence-electron chi connectivity index (χ4n) is 4.22. The number of sulfonamides is 1. The number of halogens is 1. The van der Waals surface area contributed by atoms with Crippen molar-refractivity contribution >= 4 is 21.6 Å². The Balaban J connectivity index is 1.87. The van der Waals surface area contributed by atoms with Crippen LogP contribution in [-0.4, -0.2) is 31.2 Å². The molecule has 1 aliphatic carbocycles. The lowest BCUT2D eigenvalue weighted by atomic mass is 9.95. The van der Waals surface area contributed by atoms with E-state index in [-0.39, 0.29) is 23.4 Å². The molecule has 3 rings (SSSR count). The van der Waals surface area contributed by atoms with Crippen LogP contribution in [0, 0.1) is 26.6 Å². The average molecular weight is 433 g/mol. The van der Waals surface area contributed by atoms with Crippen molar-refractivity contribution in [2.75, 3.05) is 11.9 Å². The summed E-state index contributed by atoms with van der Waals surface area (Å²) in [6, 6.07) is 8.50. The van der Waals surface area contributed by atoms with Crippen LogP contribution in [0.25, 0.3) is 0 Å². The van der Waals surface area contributed by atoms with Crippen LogP contribution in [0.15, 0.2) is 41.3 Å². The molecule has 0 heterocycles. The van der Waals surface area contributed by atoms with Crippen molar-refractivity contribution in [1.29, 1.82) is 0 Å². The normalized spacial score (nSPS) is 15.4. The van der Waals surface area contributed by atoms with Crippen LogP contribution in [-0.2, 0) is 14.8 Å². The highest BCUT2D eigenvalue weighted by Gasteiger charge is 2.34. The van der Waals surface area contributed by atoms with Gasteiger partial charge in [-0.3, -0.25) is 4.79 Å².